The normalized spacial score (nSPS) is 12.6. The molecule has 2 N–H and O–H groups in total. The number of Topliss-reactive ketones (excluding diaryl/α,β-unsaturated/α-hetero) is 1. The molecule has 0 spiro atoms. The molecule has 1 atom stereocenters. The van der Waals surface area contributed by atoms with Crippen molar-refractivity contribution in [1.82, 2.24) is 0 Å². The number of aliphatic carboxylic acids is 1. The molecular weight excluding hydrogens is 352 g/mol. The summed E-state index contributed by atoms with van der Waals surface area (Å²) in [5.74, 6) is -1.88. The number of ketones is 1. The Morgan fingerprint density at radius 3 is 2.30 bits per heavy atom. The second kappa shape index (κ2) is 10.5. The van der Waals surface area contributed by atoms with E-state index in [1.807, 2.05) is 6.92 Å². The van der Waals surface area contributed by atoms with Gasteiger partial charge in [-0.25, -0.2) is 9.59 Å². The van der Waals surface area contributed by atoms with E-state index in [1.54, 1.807) is 24.3 Å². The van der Waals surface area contributed by atoms with E-state index >= 15 is 0 Å². The van der Waals surface area contributed by atoms with Crippen molar-refractivity contribution in [2.24, 2.45) is 0 Å². The van der Waals surface area contributed by atoms with Gasteiger partial charge in [-0.15, -0.1) is 0 Å². The molecule has 0 aliphatic heterocycles. The number of unbranched alkanes of at least 4 members (excludes halogenated alkanes) is 1. The molecule has 1 unspecified atom stereocenters. The van der Waals surface area contributed by atoms with Gasteiger partial charge >= 0.3 is 11.9 Å². The van der Waals surface area contributed by atoms with Crippen molar-refractivity contribution in [3.05, 3.63) is 42.0 Å². The lowest BCUT2D eigenvalue weighted by molar-refractivity contribution is -0.141. The molecule has 0 aromatic heterocycles. The zero-order chi connectivity index (χ0) is 20.4. The molecule has 0 bridgehead atoms. The fourth-order valence-electron chi connectivity index (χ4n) is 2.20. The number of aliphatic hydroxyl groups is 1. The molecule has 148 valence electrons. The van der Waals surface area contributed by atoms with Gasteiger partial charge in [0.15, 0.2) is 5.78 Å². The highest BCUT2D eigenvalue weighted by Gasteiger charge is 2.25. The molecule has 0 heterocycles. The number of carbonyl (C=O) groups is 3. The summed E-state index contributed by atoms with van der Waals surface area (Å²) in [5, 5.41) is 18.3. The Morgan fingerprint density at radius 1 is 1.15 bits per heavy atom. The Hall–Kier alpha value is -2.67. The van der Waals surface area contributed by atoms with Gasteiger partial charge in [-0.3, -0.25) is 4.79 Å². The number of esters is 1. The zero-order valence-corrected chi connectivity index (χ0v) is 15.8. The fraction of sp³-hybridized carbons (Fsp3) is 0.450. The largest absolute Gasteiger partial charge is 0.487 e. The Labute approximate surface area is 158 Å². The molecule has 7 heteroatoms. The van der Waals surface area contributed by atoms with E-state index in [-0.39, 0.29) is 6.61 Å². The van der Waals surface area contributed by atoms with Crippen LogP contribution in [-0.2, 0) is 14.3 Å². The molecule has 0 aliphatic carbocycles. The molecule has 0 aliphatic rings. The molecule has 0 fully saturated rings. The van der Waals surface area contributed by atoms with Gasteiger partial charge in [-0.2, -0.15) is 0 Å². The maximum atomic E-state index is 12.0. The Balaban J connectivity index is 2.71. The minimum Gasteiger partial charge on any atom is -0.487 e. The van der Waals surface area contributed by atoms with Crippen LogP contribution in [0.25, 0.3) is 0 Å². The number of carboxylic acid groups (broad SMARTS) is 1. The van der Waals surface area contributed by atoms with Crippen LogP contribution in [0.1, 0.15) is 50.4 Å². The van der Waals surface area contributed by atoms with E-state index in [0.29, 0.717) is 23.8 Å². The average molecular weight is 378 g/mol. The van der Waals surface area contributed by atoms with Gasteiger partial charge in [-0.1, -0.05) is 13.3 Å². The molecule has 1 aromatic carbocycles. The highest BCUT2D eigenvalue weighted by Crippen LogP contribution is 2.19. The molecule has 0 saturated heterocycles. The van der Waals surface area contributed by atoms with Crippen molar-refractivity contribution in [3.63, 3.8) is 0 Å². The van der Waals surface area contributed by atoms with Crippen molar-refractivity contribution in [1.29, 1.82) is 0 Å². The van der Waals surface area contributed by atoms with Gasteiger partial charge < -0.3 is 19.7 Å². The minimum absolute atomic E-state index is 0.0207. The standard InChI is InChI=1S/C20H26O7/c1-4-5-6-16(13-26-18(23)12-11-17(21)22)27-15-9-7-14(8-10-15)19(24)20(2,3)25/h7-12,16,25H,4-6,13H2,1-3H3,(H,21,22)/b12-11-. The van der Waals surface area contributed by atoms with E-state index in [0.717, 1.165) is 18.9 Å². The maximum absolute atomic E-state index is 12.0. The first-order chi connectivity index (χ1) is 12.6. The van der Waals surface area contributed by atoms with Crippen molar-refractivity contribution in [2.45, 2.75) is 51.7 Å². The molecule has 0 amide bonds. The number of carbonyl (C=O) groups excluding carboxylic acids is 2. The Bertz CT molecular complexity index is 669. The van der Waals surface area contributed by atoms with E-state index in [1.165, 1.54) is 13.8 Å². The summed E-state index contributed by atoms with van der Waals surface area (Å²) < 4.78 is 10.9. The summed E-state index contributed by atoms with van der Waals surface area (Å²) in [5.41, 5.74) is -1.09. The minimum atomic E-state index is -1.45. The van der Waals surface area contributed by atoms with Crippen molar-refractivity contribution < 1.29 is 34.1 Å². The van der Waals surface area contributed by atoms with Gasteiger partial charge in [0.05, 0.1) is 0 Å². The Kier molecular flexibility index (Phi) is 8.68. The number of rotatable bonds is 11. The summed E-state index contributed by atoms with van der Waals surface area (Å²) in [7, 11) is 0. The van der Waals surface area contributed by atoms with Crippen LogP contribution in [0.5, 0.6) is 5.75 Å². The Morgan fingerprint density at radius 2 is 1.78 bits per heavy atom. The van der Waals surface area contributed by atoms with Crippen molar-refractivity contribution in [3.8, 4) is 5.75 Å². The second-order valence-electron chi connectivity index (χ2n) is 6.60. The molecule has 27 heavy (non-hydrogen) atoms. The third kappa shape index (κ3) is 8.50. The number of hydrogen-bond acceptors (Lipinski definition) is 6. The van der Waals surface area contributed by atoms with Gasteiger partial charge in [-0.05, 0) is 51.0 Å². The summed E-state index contributed by atoms with van der Waals surface area (Å²) in [6, 6.07) is 6.36. The smallest absolute Gasteiger partial charge is 0.331 e. The monoisotopic (exact) mass is 378 g/mol. The number of carboxylic acids is 1. The number of ether oxygens (including phenoxy) is 2. The zero-order valence-electron chi connectivity index (χ0n) is 15.8. The van der Waals surface area contributed by atoms with Gasteiger partial charge in [0.1, 0.15) is 24.1 Å². The molecule has 7 nitrogen and oxygen atoms in total. The summed E-state index contributed by atoms with van der Waals surface area (Å²) in [4.78, 5) is 33.9. The highest BCUT2D eigenvalue weighted by molar-refractivity contribution is 6.01. The average Bonchev–Trinajstić information content (AvgIpc) is 2.61. The summed E-state index contributed by atoms with van der Waals surface area (Å²) in [6.45, 7) is 4.85. The predicted molar refractivity (Wildman–Crippen MR) is 98.7 cm³/mol. The first-order valence-corrected chi connectivity index (χ1v) is 8.75. The van der Waals surface area contributed by atoms with Gasteiger partial charge in [0.2, 0.25) is 0 Å². The quantitative estimate of drug-likeness (QED) is 0.346. The van der Waals surface area contributed by atoms with Gasteiger partial charge in [0, 0.05) is 17.7 Å². The third-order valence-electron chi connectivity index (χ3n) is 3.63. The van der Waals surface area contributed by atoms with Crippen molar-refractivity contribution >= 4 is 17.7 Å². The van der Waals surface area contributed by atoms with Gasteiger partial charge in [0.25, 0.3) is 0 Å². The lowest BCUT2D eigenvalue weighted by Crippen LogP contribution is -2.31. The lowest BCUT2D eigenvalue weighted by atomic mass is 9.97. The molecule has 0 radical (unpaired) electrons. The molecule has 0 saturated carbocycles. The lowest BCUT2D eigenvalue weighted by Gasteiger charge is -2.19. The van der Waals surface area contributed by atoms with Crippen LogP contribution in [0.2, 0.25) is 0 Å². The van der Waals surface area contributed by atoms with Crippen molar-refractivity contribution in [2.75, 3.05) is 6.61 Å². The highest BCUT2D eigenvalue weighted by atomic mass is 16.6. The number of benzene rings is 1. The second-order valence-corrected chi connectivity index (χ2v) is 6.60. The van der Waals surface area contributed by atoms with E-state index in [4.69, 9.17) is 14.6 Å². The van der Waals surface area contributed by atoms with Crippen LogP contribution in [0.15, 0.2) is 36.4 Å². The number of hydrogen-bond donors (Lipinski definition) is 2. The molecule has 1 aromatic rings. The fourth-order valence-corrected chi connectivity index (χ4v) is 2.20. The van der Waals surface area contributed by atoms with E-state index in [9.17, 15) is 19.5 Å². The maximum Gasteiger partial charge on any atom is 0.331 e. The predicted octanol–water partition coefficient (Wildman–Crippen LogP) is 2.76. The van der Waals surface area contributed by atoms with Crippen LogP contribution < -0.4 is 4.74 Å². The van der Waals surface area contributed by atoms with E-state index < -0.39 is 29.4 Å². The SMILES string of the molecule is CCCCC(COC(=O)/C=C\C(=O)O)Oc1ccc(C(=O)C(C)(C)O)cc1. The van der Waals surface area contributed by atoms with Crippen LogP contribution in [-0.4, -0.2) is 46.2 Å². The first kappa shape index (κ1) is 22.4. The molecular formula is C20H26O7. The van der Waals surface area contributed by atoms with Crippen LogP contribution in [0.3, 0.4) is 0 Å². The summed E-state index contributed by atoms with van der Waals surface area (Å²) >= 11 is 0. The summed E-state index contributed by atoms with van der Waals surface area (Å²) in [6.07, 6.45) is 3.60. The third-order valence-corrected chi connectivity index (χ3v) is 3.63. The van der Waals surface area contributed by atoms with Crippen LogP contribution >= 0.6 is 0 Å². The topological polar surface area (TPSA) is 110 Å². The van der Waals surface area contributed by atoms with E-state index in [2.05, 4.69) is 0 Å². The van der Waals surface area contributed by atoms with Crippen LogP contribution in [0.4, 0.5) is 0 Å². The van der Waals surface area contributed by atoms with Crippen LogP contribution in [0, 0.1) is 0 Å². The molecule has 1 rings (SSSR count). The first-order valence-electron chi connectivity index (χ1n) is 8.75.